The maximum Gasteiger partial charge on any atom is 0.245 e. The molecule has 0 aromatic heterocycles. The van der Waals surface area contributed by atoms with Gasteiger partial charge >= 0.3 is 0 Å². The Morgan fingerprint density at radius 3 is 2.73 bits per heavy atom. The molecule has 7 heteroatoms. The maximum atomic E-state index is 13.4. The molecule has 1 fully saturated rings. The zero-order valence-electron chi connectivity index (χ0n) is 14.8. The molecule has 0 spiro atoms. The second kappa shape index (κ2) is 7.46. The molecule has 1 aliphatic heterocycles. The van der Waals surface area contributed by atoms with Gasteiger partial charge in [-0.05, 0) is 24.6 Å². The fraction of sp³-hybridized carbons (Fsp3) is 0.316. The smallest absolute Gasteiger partial charge is 0.245 e. The number of sulfonamides is 1. The summed E-state index contributed by atoms with van der Waals surface area (Å²) in [6.45, 7) is 3.10. The number of para-hydroxylation sites is 1. The van der Waals surface area contributed by atoms with Crippen LogP contribution in [0.15, 0.2) is 47.4 Å². The van der Waals surface area contributed by atoms with E-state index in [0.717, 1.165) is 5.56 Å². The fourth-order valence-corrected chi connectivity index (χ4v) is 5.13. The number of nitriles is 1. The number of nitrogens with one attached hydrogen (secondary N) is 1. The average Bonchev–Trinajstić information content (AvgIpc) is 2.67. The SMILES string of the molecule is COc1ccccc1C1CNCCN1S(=O)(=O)c1cccc(C)c1C#N. The van der Waals surface area contributed by atoms with Gasteiger partial charge in [-0.2, -0.15) is 9.57 Å². The first-order chi connectivity index (χ1) is 12.5. The molecular formula is C19H21N3O3S. The van der Waals surface area contributed by atoms with Crippen molar-refractivity contribution in [3.05, 3.63) is 59.2 Å². The molecule has 136 valence electrons. The zero-order chi connectivity index (χ0) is 18.7. The Bertz CT molecular complexity index is 951. The Morgan fingerprint density at radius 2 is 2.00 bits per heavy atom. The molecule has 1 aliphatic rings. The van der Waals surface area contributed by atoms with E-state index in [0.29, 0.717) is 30.9 Å². The van der Waals surface area contributed by atoms with Gasteiger partial charge < -0.3 is 10.1 Å². The molecule has 0 saturated carbocycles. The van der Waals surface area contributed by atoms with E-state index >= 15 is 0 Å². The third-order valence-corrected chi connectivity index (χ3v) is 6.58. The van der Waals surface area contributed by atoms with E-state index in [2.05, 4.69) is 5.32 Å². The van der Waals surface area contributed by atoms with Gasteiger partial charge in [0.1, 0.15) is 16.7 Å². The largest absolute Gasteiger partial charge is 0.496 e. The second-order valence-electron chi connectivity index (χ2n) is 6.14. The van der Waals surface area contributed by atoms with Crippen molar-refractivity contribution in [2.45, 2.75) is 17.9 Å². The van der Waals surface area contributed by atoms with Crippen molar-refractivity contribution in [2.24, 2.45) is 0 Å². The lowest BCUT2D eigenvalue weighted by Crippen LogP contribution is -2.48. The Morgan fingerprint density at radius 1 is 1.23 bits per heavy atom. The van der Waals surface area contributed by atoms with Crippen LogP contribution in [0, 0.1) is 18.3 Å². The lowest BCUT2D eigenvalue weighted by molar-refractivity contribution is 0.264. The lowest BCUT2D eigenvalue weighted by atomic mass is 10.0. The van der Waals surface area contributed by atoms with Crippen molar-refractivity contribution >= 4 is 10.0 Å². The molecule has 0 radical (unpaired) electrons. The predicted molar refractivity (Wildman–Crippen MR) is 98.4 cm³/mol. The van der Waals surface area contributed by atoms with Gasteiger partial charge in [-0.1, -0.05) is 30.3 Å². The number of methoxy groups -OCH3 is 1. The van der Waals surface area contributed by atoms with Crippen molar-refractivity contribution in [1.82, 2.24) is 9.62 Å². The molecule has 1 saturated heterocycles. The maximum absolute atomic E-state index is 13.4. The summed E-state index contributed by atoms with van der Waals surface area (Å²) in [5.74, 6) is 0.645. The van der Waals surface area contributed by atoms with Crippen LogP contribution in [0.2, 0.25) is 0 Å². The van der Waals surface area contributed by atoms with E-state index < -0.39 is 16.1 Å². The second-order valence-corrected chi connectivity index (χ2v) is 8.00. The van der Waals surface area contributed by atoms with E-state index in [1.807, 2.05) is 30.3 Å². The molecular weight excluding hydrogens is 350 g/mol. The van der Waals surface area contributed by atoms with E-state index in [9.17, 15) is 13.7 Å². The summed E-state index contributed by atoms with van der Waals surface area (Å²) in [5, 5.41) is 12.7. The Kier molecular flexibility index (Phi) is 5.28. The minimum atomic E-state index is -3.83. The summed E-state index contributed by atoms with van der Waals surface area (Å²) in [5.41, 5.74) is 1.65. The standard InChI is InChI=1S/C19H21N3O3S/c1-14-6-5-9-19(16(14)12-20)26(23,24)22-11-10-21-13-17(22)15-7-3-4-8-18(15)25-2/h3-9,17,21H,10-11,13H2,1-2H3. The van der Waals surface area contributed by atoms with Crippen LogP contribution in [0.3, 0.4) is 0 Å². The van der Waals surface area contributed by atoms with Crippen LogP contribution >= 0.6 is 0 Å². The molecule has 1 atom stereocenters. The number of aryl methyl sites for hydroxylation is 1. The highest BCUT2D eigenvalue weighted by Crippen LogP contribution is 2.34. The topological polar surface area (TPSA) is 82.4 Å². The third-order valence-electron chi connectivity index (χ3n) is 4.63. The summed E-state index contributed by atoms with van der Waals surface area (Å²) >= 11 is 0. The highest BCUT2D eigenvalue weighted by atomic mass is 32.2. The van der Waals surface area contributed by atoms with E-state index in [1.165, 1.54) is 10.4 Å². The van der Waals surface area contributed by atoms with E-state index in [-0.39, 0.29) is 10.5 Å². The predicted octanol–water partition coefficient (Wildman–Crippen LogP) is 2.21. The number of ether oxygens (including phenoxy) is 1. The van der Waals surface area contributed by atoms with Gasteiger partial charge in [0.15, 0.2) is 0 Å². The summed E-state index contributed by atoms with van der Waals surface area (Å²) in [6, 6.07) is 14.0. The molecule has 2 aromatic rings. The lowest BCUT2D eigenvalue weighted by Gasteiger charge is -2.36. The number of rotatable bonds is 4. The molecule has 3 rings (SSSR count). The van der Waals surface area contributed by atoms with Gasteiger partial charge in [-0.3, -0.25) is 0 Å². The molecule has 0 bridgehead atoms. The number of piperazine rings is 1. The molecule has 0 aliphatic carbocycles. The molecule has 26 heavy (non-hydrogen) atoms. The van der Waals surface area contributed by atoms with Gasteiger partial charge in [-0.15, -0.1) is 0 Å². The van der Waals surface area contributed by atoms with Crippen LogP contribution in [0.4, 0.5) is 0 Å². The number of benzene rings is 2. The first kappa shape index (κ1) is 18.4. The molecule has 1 heterocycles. The quantitative estimate of drug-likeness (QED) is 0.891. The fourth-order valence-electron chi connectivity index (χ4n) is 3.31. The van der Waals surface area contributed by atoms with E-state index in [4.69, 9.17) is 4.74 Å². The summed E-state index contributed by atoms with van der Waals surface area (Å²) in [6.07, 6.45) is 0. The van der Waals surface area contributed by atoms with Crippen molar-refractivity contribution in [2.75, 3.05) is 26.7 Å². The first-order valence-corrected chi connectivity index (χ1v) is 9.80. The van der Waals surface area contributed by atoms with Crippen molar-refractivity contribution < 1.29 is 13.2 Å². The van der Waals surface area contributed by atoms with Crippen molar-refractivity contribution in [1.29, 1.82) is 5.26 Å². The average molecular weight is 371 g/mol. The highest BCUT2D eigenvalue weighted by molar-refractivity contribution is 7.89. The molecule has 0 amide bonds. The van der Waals surface area contributed by atoms with Crippen molar-refractivity contribution in [3.8, 4) is 11.8 Å². The van der Waals surface area contributed by atoms with Crippen LogP contribution in [0.5, 0.6) is 5.75 Å². The normalized spacial score (nSPS) is 18.3. The molecule has 1 N–H and O–H groups in total. The minimum Gasteiger partial charge on any atom is -0.496 e. The summed E-state index contributed by atoms with van der Waals surface area (Å²) in [7, 11) is -2.26. The van der Waals surface area contributed by atoms with Gasteiger partial charge in [0, 0.05) is 25.2 Å². The van der Waals surface area contributed by atoms with Gasteiger partial charge in [0.25, 0.3) is 0 Å². The van der Waals surface area contributed by atoms with Crippen LogP contribution in [-0.4, -0.2) is 39.5 Å². The third kappa shape index (κ3) is 3.19. The number of nitrogens with zero attached hydrogens (tertiary/aromatic N) is 2. The summed E-state index contributed by atoms with van der Waals surface area (Å²) in [4.78, 5) is 0.0572. The Labute approximate surface area is 154 Å². The molecule has 6 nitrogen and oxygen atoms in total. The van der Waals surface area contributed by atoms with E-state index in [1.54, 1.807) is 26.2 Å². The van der Waals surface area contributed by atoms with Gasteiger partial charge in [0.2, 0.25) is 10.0 Å². The van der Waals surface area contributed by atoms with Gasteiger partial charge in [-0.25, -0.2) is 8.42 Å². The van der Waals surface area contributed by atoms with Crippen LogP contribution < -0.4 is 10.1 Å². The molecule has 2 aromatic carbocycles. The van der Waals surface area contributed by atoms with Crippen LogP contribution in [0.25, 0.3) is 0 Å². The Hall–Kier alpha value is -2.40. The summed E-state index contributed by atoms with van der Waals surface area (Å²) < 4.78 is 33.7. The van der Waals surface area contributed by atoms with Crippen LogP contribution in [-0.2, 0) is 10.0 Å². The molecule has 1 unspecified atom stereocenters. The number of hydrogen-bond donors (Lipinski definition) is 1. The Balaban J connectivity index is 2.11. The highest BCUT2D eigenvalue weighted by Gasteiger charge is 2.37. The number of hydrogen-bond acceptors (Lipinski definition) is 5. The van der Waals surface area contributed by atoms with Crippen LogP contribution in [0.1, 0.15) is 22.7 Å². The monoisotopic (exact) mass is 371 g/mol. The first-order valence-electron chi connectivity index (χ1n) is 8.36. The van der Waals surface area contributed by atoms with Crippen molar-refractivity contribution in [3.63, 3.8) is 0 Å². The minimum absolute atomic E-state index is 0.0572. The zero-order valence-corrected chi connectivity index (χ0v) is 15.6. The van der Waals surface area contributed by atoms with Gasteiger partial charge in [0.05, 0.1) is 18.7 Å².